The third-order valence-electron chi connectivity index (χ3n) is 7.02. The van der Waals surface area contributed by atoms with Crippen molar-refractivity contribution in [2.45, 2.75) is 147 Å². The van der Waals surface area contributed by atoms with E-state index in [1.165, 1.54) is 77.6 Å². The number of allylic oxidation sites excluding steroid dienone is 2. The van der Waals surface area contributed by atoms with E-state index in [1.807, 2.05) is 0 Å². The molecule has 0 radical (unpaired) electrons. The van der Waals surface area contributed by atoms with Gasteiger partial charge in [0.05, 0.1) is 6.10 Å². The SMILES string of the molecule is CCCCCCCCCC/C=C\CCCCCCCC(=O)NCCNC(=O)C1O[C@@H](C)C(O)[C@@H](O)[C@@H]1O. The average Bonchev–Trinajstić information content (AvgIpc) is 2.89. The lowest BCUT2D eigenvalue weighted by Gasteiger charge is -2.38. The Morgan fingerprint density at radius 2 is 1.22 bits per heavy atom. The van der Waals surface area contributed by atoms with Gasteiger partial charge in [-0.05, 0) is 39.0 Å². The predicted molar refractivity (Wildman–Crippen MR) is 147 cm³/mol. The summed E-state index contributed by atoms with van der Waals surface area (Å²) >= 11 is 0. The lowest BCUT2D eigenvalue weighted by atomic mass is 9.95. The number of hydrogen-bond acceptors (Lipinski definition) is 6. The molecule has 0 aromatic heterocycles. The molecule has 37 heavy (non-hydrogen) atoms. The number of aliphatic hydroxyl groups is 3. The minimum atomic E-state index is -1.50. The molecule has 0 saturated carbocycles. The summed E-state index contributed by atoms with van der Waals surface area (Å²) in [5, 5.41) is 34.8. The molecule has 1 aliphatic heterocycles. The van der Waals surface area contributed by atoms with Crippen LogP contribution in [-0.2, 0) is 14.3 Å². The second kappa shape index (κ2) is 21.5. The van der Waals surface area contributed by atoms with Crippen LogP contribution >= 0.6 is 0 Å². The Morgan fingerprint density at radius 3 is 1.81 bits per heavy atom. The summed E-state index contributed by atoms with van der Waals surface area (Å²) in [6.07, 6.45) is 17.6. The van der Waals surface area contributed by atoms with Gasteiger partial charge in [0.1, 0.15) is 18.3 Å². The van der Waals surface area contributed by atoms with Gasteiger partial charge in [-0.25, -0.2) is 0 Å². The Hall–Kier alpha value is -1.48. The summed E-state index contributed by atoms with van der Waals surface area (Å²) < 4.78 is 5.30. The van der Waals surface area contributed by atoms with Crippen molar-refractivity contribution in [2.24, 2.45) is 0 Å². The van der Waals surface area contributed by atoms with Gasteiger partial charge in [0.25, 0.3) is 5.91 Å². The molecule has 5 atom stereocenters. The molecule has 1 rings (SSSR count). The Bertz CT molecular complexity index is 630. The fourth-order valence-corrected chi connectivity index (χ4v) is 4.55. The molecule has 0 spiro atoms. The molecule has 0 bridgehead atoms. The molecule has 8 nitrogen and oxygen atoms in total. The number of amides is 2. The molecular weight excluding hydrogens is 472 g/mol. The van der Waals surface area contributed by atoms with Crippen molar-refractivity contribution < 1.29 is 29.6 Å². The first kappa shape index (κ1) is 33.5. The van der Waals surface area contributed by atoms with E-state index >= 15 is 0 Å². The van der Waals surface area contributed by atoms with E-state index in [9.17, 15) is 24.9 Å². The number of hydrogen-bond donors (Lipinski definition) is 5. The van der Waals surface area contributed by atoms with Gasteiger partial charge in [-0.3, -0.25) is 9.59 Å². The van der Waals surface area contributed by atoms with Crippen LogP contribution < -0.4 is 10.6 Å². The van der Waals surface area contributed by atoms with Crippen molar-refractivity contribution in [3.05, 3.63) is 12.2 Å². The zero-order valence-electron chi connectivity index (χ0n) is 23.3. The molecular formula is C29H54N2O6. The highest BCUT2D eigenvalue weighted by Gasteiger charge is 2.44. The monoisotopic (exact) mass is 526 g/mol. The number of rotatable bonds is 21. The van der Waals surface area contributed by atoms with E-state index in [4.69, 9.17) is 4.74 Å². The summed E-state index contributed by atoms with van der Waals surface area (Å²) in [6.45, 7) is 4.25. The number of carbonyl (C=O) groups excluding carboxylic acids is 2. The molecule has 8 heteroatoms. The van der Waals surface area contributed by atoms with Gasteiger partial charge >= 0.3 is 0 Å². The maximum absolute atomic E-state index is 12.2. The predicted octanol–water partition coefficient (Wildman–Crippen LogP) is 3.91. The van der Waals surface area contributed by atoms with Crippen molar-refractivity contribution >= 4 is 11.8 Å². The highest BCUT2D eigenvalue weighted by Crippen LogP contribution is 2.21. The minimum Gasteiger partial charge on any atom is -0.388 e. The molecule has 2 unspecified atom stereocenters. The smallest absolute Gasteiger partial charge is 0.252 e. The summed E-state index contributed by atoms with van der Waals surface area (Å²) in [7, 11) is 0. The van der Waals surface area contributed by atoms with E-state index in [1.54, 1.807) is 0 Å². The zero-order valence-corrected chi connectivity index (χ0v) is 23.3. The van der Waals surface area contributed by atoms with E-state index in [0.29, 0.717) is 6.42 Å². The zero-order chi connectivity index (χ0) is 27.3. The second-order valence-electron chi connectivity index (χ2n) is 10.4. The molecule has 216 valence electrons. The Kier molecular flexibility index (Phi) is 19.5. The van der Waals surface area contributed by atoms with Gasteiger partial charge in [0.2, 0.25) is 5.91 Å². The maximum Gasteiger partial charge on any atom is 0.252 e. The van der Waals surface area contributed by atoms with Crippen LogP contribution in [0.2, 0.25) is 0 Å². The normalized spacial score (nSPS) is 23.9. The molecule has 1 saturated heterocycles. The lowest BCUT2D eigenvalue weighted by molar-refractivity contribution is -0.216. The first-order chi connectivity index (χ1) is 17.9. The Labute approximate surface area is 224 Å². The van der Waals surface area contributed by atoms with Crippen LogP contribution in [-0.4, -0.2) is 70.7 Å². The number of nitrogens with one attached hydrogen (secondary N) is 2. The quantitative estimate of drug-likeness (QED) is 0.114. The molecule has 1 fully saturated rings. The fraction of sp³-hybridized carbons (Fsp3) is 0.862. The summed E-state index contributed by atoms with van der Waals surface area (Å²) in [5.41, 5.74) is 0. The van der Waals surface area contributed by atoms with Crippen LogP contribution in [0, 0.1) is 0 Å². The maximum atomic E-state index is 12.2. The van der Waals surface area contributed by atoms with Crippen molar-refractivity contribution in [1.29, 1.82) is 0 Å². The van der Waals surface area contributed by atoms with Crippen molar-refractivity contribution in [2.75, 3.05) is 13.1 Å². The molecule has 5 N–H and O–H groups in total. The third kappa shape index (κ3) is 15.5. The Morgan fingerprint density at radius 1 is 0.703 bits per heavy atom. The lowest BCUT2D eigenvalue weighted by Crippen LogP contribution is -2.61. The van der Waals surface area contributed by atoms with Gasteiger partial charge in [-0.1, -0.05) is 83.3 Å². The van der Waals surface area contributed by atoms with Gasteiger partial charge in [0, 0.05) is 19.5 Å². The molecule has 0 aromatic carbocycles. The average molecular weight is 527 g/mol. The molecule has 1 heterocycles. The molecule has 0 aromatic rings. The third-order valence-corrected chi connectivity index (χ3v) is 7.02. The van der Waals surface area contributed by atoms with E-state index in [-0.39, 0.29) is 19.0 Å². The minimum absolute atomic E-state index is 0.0424. The van der Waals surface area contributed by atoms with Crippen LogP contribution in [0.15, 0.2) is 12.2 Å². The van der Waals surface area contributed by atoms with Gasteiger partial charge in [0.15, 0.2) is 6.10 Å². The summed E-state index contributed by atoms with van der Waals surface area (Å²) in [4.78, 5) is 24.2. The largest absolute Gasteiger partial charge is 0.388 e. The fourth-order valence-electron chi connectivity index (χ4n) is 4.55. The molecule has 1 aliphatic rings. The van der Waals surface area contributed by atoms with E-state index in [0.717, 1.165) is 25.7 Å². The van der Waals surface area contributed by atoms with E-state index in [2.05, 4.69) is 29.7 Å². The van der Waals surface area contributed by atoms with Gasteiger partial charge in [-0.15, -0.1) is 0 Å². The van der Waals surface area contributed by atoms with Crippen LogP contribution in [0.3, 0.4) is 0 Å². The first-order valence-electron chi connectivity index (χ1n) is 14.8. The van der Waals surface area contributed by atoms with Gasteiger partial charge < -0.3 is 30.7 Å². The standard InChI is InChI=1S/C29H54N2O6/c1-3-4-5-6-7-8-9-10-11-12-13-14-15-16-17-18-19-20-24(32)30-21-22-31-29(36)28-27(35)26(34)25(33)23(2)37-28/h12-13,23,25-28,33-35H,3-11,14-22H2,1-2H3,(H,30,32)(H,31,36)/b13-12-/t23-,25?,26+,27-,28?/m0/s1. The van der Waals surface area contributed by atoms with Crippen molar-refractivity contribution in [3.8, 4) is 0 Å². The number of unbranched alkanes of at least 4 members (excludes halogenated alkanes) is 13. The summed E-state index contributed by atoms with van der Waals surface area (Å²) in [6, 6.07) is 0. The molecule has 2 amide bonds. The number of aliphatic hydroxyl groups excluding tert-OH is 3. The highest BCUT2D eigenvalue weighted by atomic mass is 16.5. The van der Waals surface area contributed by atoms with Crippen LogP contribution in [0.1, 0.15) is 117 Å². The van der Waals surface area contributed by atoms with Crippen LogP contribution in [0.5, 0.6) is 0 Å². The number of ether oxygens (including phenoxy) is 1. The van der Waals surface area contributed by atoms with Crippen LogP contribution in [0.25, 0.3) is 0 Å². The van der Waals surface area contributed by atoms with E-state index < -0.39 is 36.4 Å². The van der Waals surface area contributed by atoms with Crippen molar-refractivity contribution in [1.82, 2.24) is 10.6 Å². The van der Waals surface area contributed by atoms with Crippen molar-refractivity contribution in [3.63, 3.8) is 0 Å². The molecule has 0 aliphatic carbocycles. The van der Waals surface area contributed by atoms with Gasteiger partial charge in [-0.2, -0.15) is 0 Å². The number of carbonyl (C=O) groups is 2. The Balaban J connectivity index is 1.91. The highest BCUT2D eigenvalue weighted by molar-refractivity contribution is 5.82. The second-order valence-corrected chi connectivity index (χ2v) is 10.4. The first-order valence-corrected chi connectivity index (χ1v) is 14.8. The van der Waals surface area contributed by atoms with Crippen LogP contribution in [0.4, 0.5) is 0 Å². The topological polar surface area (TPSA) is 128 Å². The summed E-state index contributed by atoms with van der Waals surface area (Å²) in [5.74, 6) is -0.623.